The Kier molecular flexibility index (Phi) is 5.75. The Morgan fingerprint density at radius 1 is 1.50 bits per heavy atom. The molecule has 0 bridgehead atoms. The van der Waals surface area contributed by atoms with E-state index in [0.717, 1.165) is 6.42 Å². The fraction of sp³-hybridized carbons (Fsp3) is 0.462. The molecule has 0 heterocycles. The summed E-state index contributed by atoms with van der Waals surface area (Å²) in [6.07, 6.45) is 0.801. The predicted molar refractivity (Wildman–Crippen MR) is 73.9 cm³/mol. The van der Waals surface area contributed by atoms with Crippen molar-refractivity contribution >= 4 is 21.8 Å². The highest BCUT2D eigenvalue weighted by Crippen LogP contribution is 2.20. The Labute approximate surface area is 115 Å². The summed E-state index contributed by atoms with van der Waals surface area (Å²) >= 11 is 3.08. The minimum atomic E-state index is -0.448. The Morgan fingerprint density at radius 2 is 2.17 bits per heavy atom. The molecule has 5 heteroatoms. The summed E-state index contributed by atoms with van der Waals surface area (Å²) in [6.45, 7) is 4.50. The lowest BCUT2D eigenvalue weighted by Gasteiger charge is -2.19. The average molecular weight is 317 g/mol. The molecule has 0 fully saturated rings. The van der Waals surface area contributed by atoms with Crippen LogP contribution in [0.1, 0.15) is 30.6 Å². The van der Waals surface area contributed by atoms with Crippen LogP contribution in [-0.2, 0) is 0 Å². The van der Waals surface area contributed by atoms with E-state index < -0.39 is 5.82 Å². The number of benzene rings is 1. The summed E-state index contributed by atoms with van der Waals surface area (Å²) in [4.78, 5) is 12.0. The monoisotopic (exact) mass is 316 g/mol. The van der Waals surface area contributed by atoms with E-state index in [0.29, 0.717) is 12.5 Å². The molecular weight excluding hydrogens is 299 g/mol. The smallest absolute Gasteiger partial charge is 0.252 e. The largest absolute Gasteiger partial charge is 0.348 e. The van der Waals surface area contributed by atoms with Gasteiger partial charge in [0.2, 0.25) is 0 Å². The maximum Gasteiger partial charge on any atom is 0.252 e. The molecule has 0 aliphatic carbocycles. The van der Waals surface area contributed by atoms with Gasteiger partial charge >= 0.3 is 0 Å². The fourth-order valence-electron chi connectivity index (χ4n) is 1.73. The van der Waals surface area contributed by atoms with Crippen molar-refractivity contribution in [3.8, 4) is 0 Å². The molecule has 1 aromatic rings. The average Bonchev–Trinajstić information content (AvgIpc) is 2.31. The first-order valence-electron chi connectivity index (χ1n) is 5.90. The van der Waals surface area contributed by atoms with Crippen molar-refractivity contribution in [2.75, 3.05) is 6.54 Å². The molecule has 1 atom stereocenters. The standard InChI is InChI=1S/C13H18BrFN2O/c1-8(2)6-9(7-16)17-13(18)10-4-3-5-11(15)12(10)14/h3-5,8-9H,6-7,16H2,1-2H3,(H,17,18). The lowest BCUT2D eigenvalue weighted by molar-refractivity contribution is 0.0932. The van der Waals surface area contributed by atoms with Crippen LogP contribution in [0.3, 0.4) is 0 Å². The van der Waals surface area contributed by atoms with Crippen molar-refractivity contribution in [2.45, 2.75) is 26.3 Å². The van der Waals surface area contributed by atoms with E-state index in [1.54, 1.807) is 6.07 Å². The highest BCUT2D eigenvalue weighted by Gasteiger charge is 2.17. The summed E-state index contributed by atoms with van der Waals surface area (Å²) in [5.41, 5.74) is 5.90. The van der Waals surface area contributed by atoms with Crippen LogP contribution in [0.15, 0.2) is 22.7 Å². The quantitative estimate of drug-likeness (QED) is 0.877. The topological polar surface area (TPSA) is 55.1 Å². The Hall–Kier alpha value is -0.940. The molecular formula is C13H18BrFN2O. The minimum Gasteiger partial charge on any atom is -0.348 e. The third-order valence-electron chi connectivity index (χ3n) is 2.57. The van der Waals surface area contributed by atoms with Gasteiger partial charge in [0.05, 0.1) is 10.0 Å². The van der Waals surface area contributed by atoms with Crippen molar-refractivity contribution in [1.29, 1.82) is 0 Å². The number of carbonyl (C=O) groups is 1. The number of hydrogen-bond donors (Lipinski definition) is 2. The highest BCUT2D eigenvalue weighted by molar-refractivity contribution is 9.10. The first-order valence-corrected chi connectivity index (χ1v) is 6.70. The van der Waals surface area contributed by atoms with Gasteiger partial charge in [-0.3, -0.25) is 4.79 Å². The maximum atomic E-state index is 13.3. The van der Waals surface area contributed by atoms with E-state index in [9.17, 15) is 9.18 Å². The van der Waals surface area contributed by atoms with Crippen molar-refractivity contribution < 1.29 is 9.18 Å². The Balaban J connectivity index is 2.78. The Morgan fingerprint density at radius 3 is 2.72 bits per heavy atom. The van der Waals surface area contributed by atoms with E-state index in [2.05, 4.69) is 35.1 Å². The second kappa shape index (κ2) is 6.85. The van der Waals surface area contributed by atoms with Crippen molar-refractivity contribution in [3.63, 3.8) is 0 Å². The zero-order chi connectivity index (χ0) is 13.7. The van der Waals surface area contributed by atoms with Crippen LogP contribution in [-0.4, -0.2) is 18.5 Å². The number of nitrogens with one attached hydrogen (secondary N) is 1. The van der Waals surface area contributed by atoms with E-state index in [1.165, 1.54) is 12.1 Å². The van der Waals surface area contributed by atoms with Gasteiger partial charge in [0.25, 0.3) is 5.91 Å². The molecule has 1 amide bonds. The molecule has 0 aliphatic heterocycles. The lowest BCUT2D eigenvalue weighted by atomic mass is 10.0. The Bertz CT molecular complexity index is 423. The molecule has 3 nitrogen and oxygen atoms in total. The van der Waals surface area contributed by atoms with Crippen LogP contribution in [0.4, 0.5) is 4.39 Å². The fourth-order valence-corrected chi connectivity index (χ4v) is 2.17. The van der Waals surface area contributed by atoms with Gasteiger partial charge in [0, 0.05) is 12.6 Å². The number of halogens is 2. The number of carbonyl (C=O) groups excluding carboxylic acids is 1. The molecule has 1 aromatic carbocycles. The van der Waals surface area contributed by atoms with Gasteiger partial charge in [0.1, 0.15) is 5.82 Å². The van der Waals surface area contributed by atoms with Crippen molar-refractivity contribution in [1.82, 2.24) is 5.32 Å². The molecule has 1 unspecified atom stereocenters. The molecule has 3 N–H and O–H groups in total. The molecule has 0 aliphatic rings. The maximum absolute atomic E-state index is 13.3. The molecule has 0 saturated heterocycles. The van der Waals surface area contributed by atoms with Gasteiger partial charge in [-0.25, -0.2) is 4.39 Å². The lowest BCUT2D eigenvalue weighted by Crippen LogP contribution is -2.41. The van der Waals surface area contributed by atoms with Gasteiger partial charge in [-0.05, 0) is 40.4 Å². The number of rotatable bonds is 5. The van der Waals surface area contributed by atoms with Crippen LogP contribution < -0.4 is 11.1 Å². The number of amides is 1. The van der Waals surface area contributed by atoms with Crippen LogP contribution in [0.2, 0.25) is 0 Å². The second-order valence-electron chi connectivity index (χ2n) is 4.64. The molecule has 18 heavy (non-hydrogen) atoms. The zero-order valence-electron chi connectivity index (χ0n) is 10.5. The van der Waals surface area contributed by atoms with Gasteiger partial charge < -0.3 is 11.1 Å². The van der Waals surface area contributed by atoms with Crippen molar-refractivity contribution in [2.24, 2.45) is 11.7 Å². The predicted octanol–water partition coefficient (Wildman–Crippen LogP) is 2.69. The molecule has 0 aromatic heterocycles. The molecule has 1 rings (SSSR count). The summed E-state index contributed by atoms with van der Waals surface area (Å²) in [5.74, 6) is -0.317. The third-order valence-corrected chi connectivity index (χ3v) is 3.38. The van der Waals surface area contributed by atoms with Crippen LogP contribution >= 0.6 is 15.9 Å². The van der Waals surface area contributed by atoms with E-state index in [1.807, 2.05) is 0 Å². The molecule has 0 radical (unpaired) electrons. The van der Waals surface area contributed by atoms with E-state index in [-0.39, 0.29) is 22.0 Å². The van der Waals surface area contributed by atoms with Gasteiger partial charge in [-0.2, -0.15) is 0 Å². The minimum absolute atomic E-state index is 0.0901. The van der Waals surface area contributed by atoms with Crippen molar-refractivity contribution in [3.05, 3.63) is 34.1 Å². The van der Waals surface area contributed by atoms with Crippen LogP contribution in [0.5, 0.6) is 0 Å². The van der Waals surface area contributed by atoms with Gasteiger partial charge in [0.15, 0.2) is 0 Å². The summed E-state index contributed by atoms with van der Waals surface area (Å²) in [5, 5.41) is 2.82. The van der Waals surface area contributed by atoms with E-state index >= 15 is 0 Å². The molecule has 0 spiro atoms. The first kappa shape index (κ1) is 15.1. The SMILES string of the molecule is CC(C)CC(CN)NC(=O)c1cccc(F)c1Br. The second-order valence-corrected chi connectivity index (χ2v) is 5.43. The van der Waals surface area contributed by atoms with Gasteiger partial charge in [-0.15, -0.1) is 0 Å². The first-order chi connectivity index (χ1) is 8.45. The van der Waals surface area contributed by atoms with E-state index in [4.69, 9.17) is 5.73 Å². The zero-order valence-corrected chi connectivity index (χ0v) is 12.1. The van der Waals surface area contributed by atoms with Crippen LogP contribution in [0.25, 0.3) is 0 Å². The number of nitrogens with two attached hydrogens (primary N) is 1. The molecule has 100 valence electrons. The highest BCUT2D eigenvalue weighted by atomic mass is 79.9. The summed E-state index contributed by atoms with van der Waals surface area (Å²) in [7, 11) is 0. The molecule has 0 saturated carbocycles. The van der Waals surface area contributed by atoms with Crippen LogP contribution in [0, 0.1) is 11.7 Å². The summed E-state index contributed by atoms with van der Waals surface area (Å²) < 4.78 is 13.5. The normalized spacial score (nSPS) is 12.6. The third kappa shape index (κ3) is 4.07. The summed E-state index contributed by atoms with van der Waals surface area (Å²) in [6, 6.07) is 4.29. The number of hydrogen-bond acceptors (Lipinski definition) is 2. The van der Waals surface area contributed by atoms with Gasteiger partial charge in [-0.1, -0.05) is 19.9 Å².